The summed E-state index contributed by atoms with van der Waals surface area (Å²) >= 11 is 0. The summed E-state index contributed by atoms with van der Waals surface area (Å²) in [6.45, 7) is 0.516. The Bertz CT molecular complexity index is 860. The second kappa shape index (κ2) is 10.8. The van der Waals surface area contributed by atoms with Gasteiger partial charge in [0.15, 0.2) is 6.29 Å². The summed E-state index contributed by atoms with van der Waals surface area (Å²) in [5.41, 5.74) is 6.71. The number of unbranched alkanes of at least 4 members (excludes halogenated alkanes) is 2. The highest BCUT2D eigenvalue weighted by Gasteiger charge is 2.08. The van der Waals surface area contributed by atoms with Crippen LogP contribution in [0, 0.1) is 5.82 Å². The monoisotopic (exact) mass is 382 g/mol. The lowest BCUT2D eigenvalue weighted by atomic mass is 10.0. The molecule has 0 aliphatic heterocycles. The highest BCUT2D eigenvalue weighted by atomic mass is 19.1. The van der Waals surface area contributed by atoms with Crippen molar-refractivity contribution in [2.75, 3.05) is 6.54 Å². The molecular formula is C22H23FN2O3. The van der Waals surface area contributed by atoms with Crippen molar-refractivity contribution >= 4 is 29.7 Å². The normalized spacial score (nSPS) is 11.1. The number of nitrogens with two attached hydrogens (primary N) is 1. The van der Waals surface area contributed by atoms with E-state index >= 15 is 0 Å². The van der Waals surface area contributed by atoms with Crippen LogP contribution in [0.1, 0.15) is 47.2 Å². The summed E-state index contributed by atoms with van der Waals surface area (Å²) in [6.07, 6.45) is 4.84. The van der Waals surface area contributed by atoms with Crippen LogP contribution in [0.3, 0.4) is 0 Å². The first kappa shape index (κ1) is 21.0. The second-order valence-corrected chi connectivity index (χ2v) is 6.35. The zero-order chi connectivity index (χ0) is 20.4. The van der Waals surface area contributed by atoms with E-state index in [1.807, 2.05) is 0 Å². The Morgan fingerprint density at radius 1 is 1.00 bits per heavy atom. The van der Waals surface area contributed by atoms with E-state index in [1.54, 1.807) is 48.5 Å². The van der Waals surface area contributed by atoms with Gasteiger partial charge in [-0.15, -0.1) is 0 Å². The quantitative estimate of drug-likeness (QED) is 0.286. The molecule has 2 aromatic carbocycles. The molecule has 0 fully saturated rings. The number of rotatable bonds is 10. The number of amides is 2. The van der Waals surface area contributed by atoms with Crippen LogP contribution >= 0.6 is 0 Å². The molecule has 2 amide bonds. The van der Waals surface area contributed by atoms with Crippen LogP contribution in [-0.2, 0) is 9.59 Å². The van der Waals surface area contributed by atoms with Crippen molar-refractivity contribution in [2.45, 2.75) is 25.7 Å². The number of hydrogen-bond donors (Lipinski definition) is 2. The van der Waals surface area contributed by atoms with Crippen molar-refractivity contribution in [1.29, 1.82) is 0 Å². The summed E-state index contributed by atoms with van der Waals surface area (Å²) in [5.74, 6) is -0.978. The maximum atomic E-state index is 13.9. The van der Waals surface area contributed by atoms with Gasteiger partial charge in [0.2, 0.25) is 5.91 Å². The van der Waals surface area contributed by atoms with Gasteiger partial charge in [0.25, 0.3) is 5.91 Å². The fourth-order valence-corrected chi connectivity index (χ4v) is 2.69. The van der Waals surface area contributed by atoms with E-state index < -0.39 is 5.82 Å². The van der Waals surface area contributed by atoms with E-state index in [4.69, 9.17) is 5.73 Å². The first-order valence-electron chi connectivity index (χ1n) is 9.09. The van der Waals surface area contributed by atoms with Gasteiger partial charge < -0.3 is 11.1 Å². The molecule has 0 saturated heterocycles. The molecule has 2 aromatic rings. The third-order valence-electron chi connectivity index (χ3n) is 4.19. The molecule has 6 heteroatoms. The molecule has 0 unspecified atom stereocenters. The molecule has 0 saturated carbocycles. The zero-order valence-corrected chi connectivity index (χ0v) is 15.5. The van der Waals surface area contributed by atoms with Crippen LogP contribution < -0.4 is 11.1 Å². The highest BCUT2D eigenvalue weighted by Crippen LogP contribution is 2.19. The van der Waals surface area contributed by atoms with E-state index in [2.05, 4.69) is 5.32 Å². The Hall–Kier alpha value is -3.28. The SMILES string of the molecule is NC(=O)CCCCCNC(=O)c1ccc(/C=C(/C=O)c2ccccc2F)cc1. The van der Waals surface area contributed by atoms with Crippen molar-refractivity contribution in [2.24, 2.45) is 5.73 Å². The number of benzene rings is 2. The minimum atomic E-state index is -0.465. The summed E-state index contributed by atoms with van der Waals surface area (Å²) < 4.78 is 13.9. The van der Waals surface area contributed by atoms with Gasteiger partial charge in [-0.25, -0.2) is 4.39 Å². The molecule has 0 aliphatic rings. The fourth-order valence-electron chi connectivity index (χ4n) is 2.69. The molecule has 0 spiro atoms. The van der Waals surface area contributed by atoms with Gasteiger partial charge in [0, 0.05) is 29.7 Å². The zero-order valence-electron chi connectivity index (χ0n) is 15.5. The smallest absolute Gasteiger partial charge is 0.251 e. The second-order valence-electron chi connectivity index (χ2n) is 6.35. The number of allylic oxidation sites excluding steroid dienone is 1. The van der Waals surface area contributed by atoms with Gasteiger partial charge in [-0.3, -0.25) is 14.4 Å². The van der Waals surface area contributed by atoms with E-state index in [0.29, 0.717) is 36.8 Å². The maximum Gasteiger partial charge on any atom is 0.251 e. The van der Waals surface area contributed by atoms with Crippen molar-refractivity contribution in [1.82, 2.24) is 5.32 Å². The van der Waals surface area contributed by atoms with Crippen LogP contribution in [0.15, 0.2) is 48.5 Å². The van der Waals surface area contributed by atoms with Gasteiger partial charge in [0.05, 0.1) is 0 Å². The number of primary amides is 1. The summed E-state index contributed by atoms with van der Waals surface area (Å²) in [6, 6.07) is 12.8. The molecule has 0 heterocycles. The van der Waals surface area contributed by atoms with Crippen molar-refractivity contribution < 1.29 is 18.8 Å². The van der Waals surface area contributed by atoms with Crippen LogP contribution in [0.25, 0.3) is 11.6 Å². The van der Waals surface area contributed by atoms with Gasteiger partial charge in [0.1, 0.15) is 5.82 Å². The van der Waals surface area contributed by atoms with Crippen LogP contribution in [-0.4, -0.2) is 24.6 Å². The standard InChI is InChI=1S/C22H23FN2O3/c23-20-7-4-3-6-19(20)18(15-26)14-16-9-11-17(12-10-16)22(28)25-13-5-1-2-8-21(24)27/h3-4,6-7,9-12,14-15H,1-2,5,8,13H2,(H2,24,27)(H,25,28)/b18-14-. The first-order valence-corrected chi connectivity index (χ1v) is 9.09. The lowest BCUT2D eigenvalue weighted by Crippen LogP contribution is -2.24. The largest absolute Gasteiger partial charge is 0.370 e. The van der Waals surface area contributed by atoms with Crippen molar-refractivity contribution in [3.05, 3.63) is 71.0 Å². The van der Waals surface area contributed by atoms with Crippen molar-refractivity contribution in [3.63, 3.8) is 0 Å². The first-order chi connectivity index (χ1) is 13.5. The Morgan fingerprint density at radius 2 is 1.71 bits per heavy atom. The molecule has 0 aliphatic carbocycles. The Balaban J connectivity index is 1.93. The lowest BCUT2D eigenvalue weighted by Gasteiger charge is -2.06. The molecule has 3 N–H and O–H groups in total. The molecule has 0 aromatic heterocycles. The topological polar surface area (TPSA) is 89.3 Å². The minimum Gasteiger partial charge on any atom is -0.370 e. The van der Waals surface area contributed by atoms with E-state index in [-0.39, 0.29) is 23.0 Å². The van der Waals surface area contributed by atoms with Gasteiger partial charge in [-0.2, -0.15) is 0 Å². The molecule has 146 valence electrons. The van der Waals surface area contributed by atoms with Crippen molar-refractivity contribution in [3.8, 4) is 0 Å². The Kier molecular flexibility index (Phi) is 8.09. The summed E-state index contributed by atoms with van der Waals surface area (Å²) in [4.78, 5) is 34.1. The van der Waals surface area contributed by atoms with Crippen LogP contribution in [0.5, 0.6) is 0 Å². The molecule has 0 radical (unpaired) electrons. The average molecular weight is 382 g/mol. The lowest BCUT2D eigenvalue weighted by molar-refractivity contribution is -0.118. The third kappa shape index (κ3) is 6.46. The number of carbonyl (C=O) groups is 3. The van der Waals surface area contributed by atoms with Crippen LogP contribution in [0.4, 0.5) is 4.39 Å². The van der Waals surface area contributed by atoms with Crippen LogP contribution in [0.2, 0.25) is 0 Å². The molecule has 28 heavy (non-hydrogen) atoms. The number of aldehydes is 1. The van der Waals surface area contributed by atoms with E-state index in [0.717, 1.165) is 12.8 Å². The number of nitrogens with one attached hydrogen (secondary N) is 1. The Labute approximate surface area is 163 Å². The average Bonchev–Trinajstić information content (AvgIpc) is 2.69. The maximum absolute atomic E-state index is 13.9. The molecule has 0 bridgehead atoms. The van der Waals surface area contributed by atoms with Gasteiger partial charge >= 0.3 is 0 Å². The predicted octanol–water partition coefficient (Wildman–Crippen LogP) is 3.34. The molecular weight excluding hydrogens is 359 g/mol. The summed E-state index contributed by atoms with van der Waals surface area (Å²) in [7, 11) is 0. The molecule has 2 rings (SSSR count). The minimum absolute atomic E-state index is 0.199. The Morgan fingerprint density at radius 3 is 2.36 bits per heavy atom. The third-order valence-corrected chi connectivity index (χ3v) is 4.19. The van der Waals surface area contributed by atoms with E-state index in [9.17, 15) is 18.8 Å². The van der Waals surface area contributed by atoms with Gasteiger partial charge in [-0.1, -0.05) is 36.8 Å². The van der Waals surface area contributed by atoms with E-state index in [1.165, 1.54) is 6.07 Å². The van der Waals surface area contributed by atoms with Gasteiger partial charge in [-0.05, 0) is 42.7 Å². The molecule has 0 atom stereocenters. The summed E-state index contributed by atoms with van der Waals surface area (Å²) in [5, 5.41) is 2.82. The fraction of sp³-hybridized carbons (Fsp3) is 0.227. The number of hydrogen-bond acceptors (Lipinski definition) is 3. The number of carbonyl (C=O) groups excluding carboxylic acids is 3. The predicted molar refractivity (Wildman–Crippen MR) is 107 cm³/mol. The highest BCUT2D eigenvalue weighted by molar-refractivity contribution is 6.13. The molecule has 5 nitrogen and oxygen atoms in total. The number of halogens is 1.